The van der Waals surface area contributed by atoms with Crippen molar-refractivity contribution in [2.75, 3.05) is 0 Å². The maximum absolute atomic E-state index is 13.7. The van der Waals surface area contributed by atoms with Crippen LogP contribution >= 0.6 is 15.9 Å². The Morgan fingerprint density at radius 1 is 1.38 bits per heavy atom. The van der Waals surface area contributed by atoms with Crippen molar-refractivity contribution >= 4 is 15.9 Å². The standard InChI is InChI=1S/C13H18BrFO/c1-13(2,3)8-7-11(16)9-5-4-6-10(14)12(9)15/h4-6,11,16H,7-8H2,1-3H3. The van der Waals surface area contributed by atoms with E-state index in [0.717, 1.165) is 6.42 Å². The fourth-order valence-corrected chi connectivity index (χ4v) is 1.88. The maximum atomic E-state index is 13.7. The quantitative estimate of drug-likeness (QED) is 0.871. The molecule has 0 spiro atoms. The van der Waals surface area contributed by atoms with E-state index in [0.29, 0.717) is 16.5 Å². The van der Waals surface area contributed by atoms with Crippen LogP contribution in [0.15, 0.2) is 22.7 Å². The van der Waals surface area contributed by atoms with Crippen LogP contribution in [0.5, 0.6) is 0 Å². The first-order valence-corrected chi connectivity index (χ1v) is 6.22. The normalized spacial score (nSPS) is 13.9. The first-order chi connectivity index (χ1) is 7.31. The third-order valence-corrected chi connectivity index (χ3v) is 3.12. The van der Waals surface area contributed by atoms with Crippen LogP contribution in [0.2, 0.25) is 0 Å². The van der Waals surface area contributed by atoms with Gasteiger partial charge in [0.05, 0.1) is 10.6 Å². The van der Waals surface area contributed by atoms with E-state index in [1.807, 2.05) is 0 Å². The van der Waals surface area contributed by atoms with E-state index < -0.39 is 6.10 Å². The molecule has 0 fully saturated rings. The molecule has 1 N–H and O–H groups in total. The molecule has 0 aromatic heterocycles. The summed E-state index contributed by atoms with van der Waals surface area (Å²) in [7, 11) is 0. The summed E-state index contributed by atoms with van der Waals surface area (Å²) in [6.07, 6.45) is 0.716. The van der Waals surface area contributed by atoms with Crippen LogP contribution in [0.1, 0.15) is 45.3 Å². The second-order valence-electron chi connectivity index (χ2n) is 5.26. The van der Waals surface area contributed by atoms with Gasteiger partial charge in [-0.15, -0.1) is 0 Å². The smallest absolute Gasteiger partial charge is 0.143 e. The Kier molecular flexibility index (Phi) is 4.51. The van der Waals surface area contributed by atoms with E-state index in [-0.39, 0.29) is 11.2 Å². The average Bonchev–Trinajstić information content (AvgIpc) is 2.17. The summed E-state index contributed by atoms with van der Waals surface area (Å²) in [5.74, 6) is -0.357. The van der Waals surface area contributed by atoms with Gasteiger partial charge in [0.15, 0.2) is 0 Å². The molecule has 0 bridgehead atoms. The highest BCUT2D eigenvalue weighted by Crippen LogP contribution is 2.30. The minimum atomic E-state index is -0.725. The summed E-state index contributed by atoms with van der Waals surface area (Å²) in [6, 6.07) is 5.01. The highest BCUT2D eigenvalue weighted by Gasteiger charge is 2.18. The van der Waals surface area contributed by atoms with Crippen LogP contribution in [0.3, 0.4) is 0 Å². The fourth-order valence-electron chi connectivity index (χ4n) is 1.50. The predicted molar refractivity (Wildman–Crippen MR) is 67.7 cm³/mol. The molecule has 0 saturated carbocycles. The number of hydrogen-bond donors (Lipinski definition) is 1. The summed E-state index contributed by atoms with van der Waals surface area (Å²) < 4.78 is 14.1. The highest BCUT2D eigenvalue weighted by molar-refractivity contribution is 9.10. The zero-order valence-corrected chi connectivity index (χ0v) is 11.5. The van der Waals surface area contributed by atoms with Gasteiger partial charge in [-0.1, -0.05) is 32.9 Å². The Balaban J connectivity index is 2.73. The predicted octanol–water partition coefficient (Wildman–Crippen LogP) is 4.45. The van der Waals surface area contributed by atoms with Gasteiger partial charge in [0.1, 0.15) is 5.82 Å². The minimum absolute atomic E-state index is 0.156. The van der Waals surface area contributed by atoms with Gasteiger partial charge in [0, 0.05) is 5.56 Å². The SMILES string of the molecule is CC(C)(C)CCC(O)c1cccc(Br)c1F. The molecular formula is C13H18BrFO. The van der Waals surface area contributed by atoms with Gasteiger partial charge < -0.3 is 5.11 Å². The van der Waals surface area contributed by atoms with Crippen molar-refractivity contribution in [3.8, 4) is 0 Å². The van der Waals surface area contributed by atoms with Crippen molar-refractivity contribution in [3.05, 3.63) is 34.1 Å². The summed E-state index contributed by atoms with van der Waals surface area (Å²) in [5.41, 5.74) is 0.530. The monoisotopic (exact) mass is 288 g/mol. The zero-order valence-electron chi connectivity index (χ0n) is 9.93. The molecule has 1 rings (SSSR count). The number of halogens is 2. The molecule has 0 radical (unpaired) electrons. The van der Waals surface area contributed by atoms with Crippen molar-refractivity contribution in [1.82, 2.24) is 0 Å². The van der Waals surface area contributed by atoms with Gasteiger partial charge in [0.25, 0.3) is 0 Å². The molecule has 1 unspecified atom stereocenters. The minimum Gasteiger partial charge on any atom is -0.388 e. The lowest BCUT2D eigenvalue weighted by Crippen LogP contribution is -2.09. The van der Waals surface area contributed by atoms with Gasteiger partial charge >= 0.3 is 0 Å². The summed E-state index contributed by atoms with van der Waals surface area (Å²) in [5, 5.41) is 9.93. The molecule has 3 heteroatoms. The Hall–Kier alpha value is -0.410. The van der Waals surface area contributed by atoms with Gasteiger partial charge in [-0.3, -0.25) is 0 Å². The molecule has 1 atom stereocenters. The molecule has 0 heterocycles. The van der Waals surface area contributed by atoms with Crippen molar-refractivity contribution in [2.24, 2.45) is 5.41 Å². The molecule has 0 saturated heterocycles. The van der Waals surface area contributed by atoms with E-state index in [1.165, 1.54) is 0 Å². The molecule has 0 aliphatic rings. The molecule has 16 heavy (non-hydrogen) atoms. The van der Waals surface area contributed by atoms with Crippen molar-refractivity contribution < 1.29 is 9.50 Å². The second-order valence-corrected chi connectivity index (χ2v) is 6.11. The van der Waals surface area contributed by atoms with E-state index in [4.69, 9.17) is 0 Å². The van der Waals surface area contributed by atoms with E-state index in [9.17, 15) is 9.50 Å². The Labute approximate surface area is 105 Å². The Bertz CT molecular complexity index is 357. The summed E-state index contributed by atoms with van der Waals surface area (Å²) in [6.45, 7) is 6.32. The van der Waals surface area contributed by atoms with Crippen LogP contribution in [0.25, 0.3) is 0 Å². The van der Waals surface area contributed by atoms with Crippen LogP contribution in [0, 0.1) is 11.2 Å². The third kappa shape index (κ3) is 3.87. The van der Waals surface area contributed by atoms with E-state index >= 15 is 0 Å². The van der Waals surface area contributed by atoms with Crippen LogP contribution < -0.4 is 0 Å². The number of aliphatic hydroxyl groups excluding tert-OH is 1. The number of aliphatic hydroxyl groups is 1. The third-order valence-electron chi connectivity index (χ3n) is 2.51. The Morgan fingerprint density at radius 3 is 2.56 bits per heavy atom. The Morgan fingerprint density at radius 2 is 2.00 bits per heavy atom. The number of rotatable bonds is 3. The largest absolute Gasteiger partial charge is 0.388 e. The average molecular weight is 289 g/mol. The molecule has 0 aliphatic heterocycles. The topological polar surface area (TPSA) is 20.2 Å². The van der Waals surface area contributed by atoms with Crippen LogP contribution in [0.4, 0.5) is 4.39 Å². The van der Waals surface area contributed by atoms with Crippen molar-refractivity contribution in [2.45, 2.75) is 39.7 Å². The van der Waals surface area contributed by atoms with Gasteiger partial charge in [-0.25, -0.2) is 4.39 Å². The first-order valence-electron chi connectivity index (χ1n) is 5.43. The molecule has 90 valence electrons. The van der Waals surface area contributed by atoms with Crippen LogP contribution in [-0.2, 0) is 0 Å². The zero-order chi connectivity index (χ0) is 12.3. The van der Waals surface area contributed by atoms with E-state index in [2.05, 4.69) is 36.7 Å². The fraction of sp³-hybridized carbons (Fsp3) is 0.538. The molecular weight excluding hydrogens is 271 g/mol. The van der Waals surface area contributed by atoms with Gasteiger partial charge in [-0.05, 0) is 40.3 Å². The first kappa shape index (κ1) is 13.7. The number of benzene rings is 1. The lowest BCUT2D eigenvalue weighted by Gasteiger charge is -2.20. The van der Waals surface area contributed by atoms with Gasteiger partial charge in [-0.2, -0.15) is 0 Å². The maximum Gasteiger partial charge on any atom is 0.143 e. The lowest BCUT2D eigenvalue weighted by atomic mass is 9.88. The molecule has 1 aromatic rings. The van der Waals surface area contributed by atoms with Crippen molar-refractivity contribution in [3.63, 3.8) is 0 Å². The molecule has 0 aliphatic carbocycles. The summed E-state index contributed by atoms with van der Waals surface area (Å²) >= 11 is 3.12. The van der Waals surface area contributed by atoms with Gasteiger partial charge in [0.2, 0.25) is 0 Å². The number of hydrogen-bond acceptors (Lipinski definition) is 1. The molecule has 1 nitrogen and oxygen atoms in total. The van der Waals surface area contributed by atoms with E-state index in [1.54, 1.807) is 18.2 Å². The second kappa shape index (κ2) is 5.28. The van der Waals surface area contributed by atoms with Crippen molar-refractivity contribution in [1.29, 1.82) is 0 Å². The lowest BCUT2D eigenvalue weighted by molar-refractivity contribution is 0.143. The summed E-state index contributed by atoms with van der Waals surface area (Å²) in [4.78, 5) is 0. The van der Waals surface area contributed by atoms with Crippen LogP contribution in [-0.4, -0.2) is 5.11 Å². The molecule has 0 amide bonds. The highest BCUT2D eigenvalue weighted by atomic mass is 79.9. The molecule has 1 aromatic carbocycles.